The normalized spacial score (nSPS) is 13.5. The van der Waals surface area contributed by atoms with E-state index in [1.807, 2.05) is 0 Å². The van der Waals surface area contributed by atoms with Gasteiger partial charge < -0.3 is 5.32 Å². The van der Waals surface area contributed by atoms with Crippen LogP contribution in [0.2, 0.25) is 0 Å². The van der Waals surface area contributed by atoms with Crippen LogP contribution in [0.4, 0.5) is 0 Å². The fourth-order valence-corrected chi connectivity index (χ4v) is 3.10. The van der Waals surface area contributed by atoms with E-state index in [2.05, 4.69) is 53.3 Å². The molecule has 1 atom stereocenters. The van der Waals surface area contributed by atoms with Crippen molar-refractivity contribution in [1.29, 1.82) is 0 Å². The highest BCUT2D eigenvalue weighted by molar-refractivity contribution is 9.10. The van der Waals surface area contributed by atoms with Gasteiger partial charge >= 0.3 is 0 Å². The number of rotatable bonds is 7. The third kappa shape index (κ3) is 6.06. The van der Waals surface area contributed by atoms with Gasteiger partial charge in [0.1, 0.15) is 9.84 Å². The molecule has 5 heteroatoms. The highest BCUT2D eigenvalue weighted by atomic mass is 79.9. The number of benzene rings is 1. The molecule has 1 N–H and O–H groups in total. The summed E-state index contributed by atoms with van der Waals surface area (Å²) in [5.74, 6) is 0.252. The summed E-state index contributed by atoms with van der Waals surface area (Å²) in [5, 5.41) is 3.42. The van der Waals surface area contributed by atoms with E-state index in [1.165, 1.54) is 17.4 Å². The molecule has 3 nitrogen and oxygen atoms in total. The molecular formula is C14H22BrNO2S. The number of hydrogen-bond acceptors (Lipinski definition) is 3. The minimum absolute atomic E-state index is 0.212. The number of hydrogen-bond donors (Lipinski definition) is 1. The summed E-state index contributed by atoms with van der Waals surface area (Å²) < 4.78 is 23.4. The van der Waals surface area contributed by atoms with Crippen LogP contribution in [0.25, 0.3) is 0 Å². The molecule has 1 rings (SSSR count). The summed E-state index contributed by atoms with van der Waals surface area (Å²) >= 11 is 3.54. The molecule has 0 aliphatic carbocycles. The minimum Gasteiger partial charge on any atom is -0.310 e. The maximum Gasteiger partial charge on any atom is 0.147 e. The first-order valence-corrected chi connectivity index (χ1v) is 9.36. The molecule has 0 heterocycles. The largest absolute Gasteiger partial charge is 0.310 e. The van der Waals surface area contributed by atoms with Crippen LogP contribution in [0.3, 0.4) is 0 Å². The number of nitrogens with one attached hydrogen (secondary N) is 1. The Balaban J connectivity index is 2.73. The van der Waals surface area contributed by atoms with Gasteiger partial charge in [0.05, 0.1) is 0 Å². The van der Waals surface area contributed by atoms with Gasteiger partial charge in [-0.15, -0.1) is 0 Å². The van der Waals surface area contributed by atoms with Gasteiger partial charge in [-0.2, -0.15) is 0 Å². The van der Waals surface area contributed by atoms with E-state index in [4.69, 9.17) is 0 Å². The van der Waals surface area contributed by atoms with Crippen molar-refractivity contribution in [2.75, 3.05) is 18.6 Å². The zero-order valence-electron chi connectivity index (χ0n) is 11.7. The zero-order chi connectivity index (χ0) is 14.5. The van der Waals surface area contributed by atoms with Crippen molar-refractivity contribution < 1.29 is 8.42 Å². The summed E-state index contributed by atoms with van der Waals surface area (Å²) in [6.45, 7) is 4.99. The third-order valence-corrected chi connectivity index (χ3v) is 4.94. The lowest BCUT2D eigenvalue weighted by Gasteiger charge is -2.19. The molecule has 0 aliphatic rings. The number of aryl methyl sites for hydroxylation is 1. The van der Waals surface area contributed by atoms with Crippen LogP contribution in [-0.4, -0.2) is 27.0 Å². The van der Waals surface area contributed by atoms with Gasteiger partial charge in [-0.3, -0.25) is 0 Å². The second-order valence-corrected chi connectivity index (χ2v) is 8.01. The Morgan fingerprint density at radius 2 is 2.05 bits per heavy atom. The predicted molar refractivity (Wildman–Crippen MR) is 84.2 cm³/mol. The standard InChI is InChI=1S/C14H22BrNO2S/c1-4-16-14(6-5-9-19(3,17)18)12-8-7-11(2)13(15)10-12/h7-8,10,14,16H,4-6,9H2,1-3H3. The van der Waals surface area contributed by atoms with Crippen molar-refractivity contribution in [3.8, 4) is 0 Å². The Morgan fingerprint density at radius 1 is 1.37 bits per heavy atom. The molecule has 1 aromatic rings. The molecule has 108 valence electrons. The van der Waals surface area contributed by atoms with Crippen LogP contribution in [0.1, 0.15) is 36.9 Å². The van der Waals surface area contributed by atoms with Crippen molar-refractivity contribution in [3.63, 3.8) is 0 Å². The second-order valence-electron chi connectivity index (χ2n) is 4.89. The van der Waals surface area contributed by atoms with Crippen LogP contribution >= 0.6 is 15.9 Å². The Kier molecular flexibility index (Phi) is 6.50. The number of sulfone groups is 1. The molecule has 0 amide bonds. The molecular weight excluding hydrogens is 326 g/mol. The summed E-state index contributed by atoms with van der Waals surface area (Å²) in [4.78, 5) is 0. The van der Waals surface area contributed by atoms with E-state index in [9.17, 15) is 8.42 Å². The molecule has 0 spiro atoms. The van der Waals surface area contributed by atoms with Crippen molar-refractivity contribution in [3.05, 3.63) is 33.8 Å². The van der Waals surface area contributed by atoms with Crippen LogP contribution in [0.15, 0.2) is 22.7 Å². The van der Waals surface area contributed by atoms with Gasteiger partial charge in [0.25, 0.3) is 0 Å². The van der Waals surface area contributed by atoms with Crippen LogP contribution in [0.5, 0.6) is 0 Å². The first kappa shape index (κ1) is 16.7. The molecule has 1 unspecified atom stereocenters. The van der Waals surface area contributed by atoms with E-state index < -0.39 is 9.84 Å². The SMILES string of the molecule is CCNC(CCCS(C)(=O)=O)c1ccc(C)c(Br)c1. The van der Waals surface area contributed by atoms with E-state index >= 15 is 0 Å². The predicted octanol–water partition coefficient (Wildman–Crippen LogP) is 3.23. The average molecular weight is 348 g/mol. The molecule has 0 saturated carbocycles. The Morgan fingerprint density at radius 3 is 2.58 bits per heavy atom. The summed E-state index contributed by atoms with van der Waals surface area (Å²) in [6.07, 6.45) is 2.80. The molecule has 0 bridgehead atoms. The van der Waals surface area contributed by atoms with Crippen molar-refractivity contribution >= 4 is 25.8 Å². The van der Waals surface area contributed by atoms with Crippen molar-refractivity contribution in [2.24, 2.45) is 0 Å². The topological polar surface area (TPSA) is 46.2 Å². The summed E-state index contributed by atoms with van der Waals surface area (Å²) in [6, 6.07) is 6.51. The molecule has 0 radical (unpaired) electrons. The van der Waals surface area contributed by atoms with E-state index in [0.29, 0.717) is 6.42 Å². The smallest absolute Gasteiger partial charge is 0.147 e. The highest BCUT2D eigenvalue weighted by Crippen LogP contribution is 2.24. The minimum atomic E-state index is -2.87. The second kappa shape index (κ2) is 7.41. The molecule has 0 saturated heterocycles. The van der Waals surface area contributed by atoms with Gasteiger partial charge in [-0.25, -0.2) is 8.42 Å². The van der Waals surface area contributed by atoms with Gasteiger partial charge in [0.2, 0.25) is 0 Å². The molecule has 19 heavy (non-hydrogen) atoms. The maximum atomic E-state index is 11.2. The fraction of sp³-hybridized carbons (Fsp3) is 0.571. The Hall–Kier alpha value is -0.390. The third-order valence-electron chi connectivity index (χ3n) is 3.06. The average Bonchev–Trinajstić information content (AvgIpc) is 2.30. The van der Waals surface area contributed by atoms with Crippen LogP contribution < -0.4 is 5.32 Å². The lowest BCUT2D eigenvalue weighted by Crippen LogP contribution is -2.21. The lowest BCUT2D eigenvalue weighted by molar-refractivity contribution is 0.507. The first-order valence-electron chi connectivity index (χ1n) is 6.50. The van der Waals surface area contributed by atoms with Crippen LogP contribution in [0, 0.1) is 6.92 Å². The molecule has 0 fully saturated rings. The van der Waals surface area contributed by atoms with E-state index in [0.717, 1.165) is 17.4 Å². The van der Waals surface area contributed by atoms with Crippen molar-refractivity contribution in [1.82, 2.24) is 5.32 Å². The summed E-state index contributed by atoms with van der Waals surface area (Å²) in [7, 11) is -2.87. The van der Waals surface area contributed by atoms with Gasteiger partial charge in [-0.05, 0) is 43.5 Å². The maximum absolute atomic E-state index is 11.2. The lowest BCUT2D eigenvalue weighted by atomic mass is 10.0. The molecule has 0 aliphatic heterocycles. The van der Waals surface area contributed by atoms with E-state index in [1.54, 1.807) is 0 Å². The van der Waals surface area contributed by atoms with Gasteiger partial charge in [0.15, 0.2) is 0 Å². The van der Waals surface area contributed by atoms with Gasteiger partial charge in [-0.1, -0.05) is 35.0 Å². The zero-order valence-corrected chi connectivity index (χ0v) is 14.1. The first-order chi connectivity index (χ1) is 8.83. The monoisotopic (exact) mass is 347 g/mol. The Bertz CT molecular complexity index is 514. The fourth-order valence-electron chi connectivity index (χ4n) is 2.01. The van der Waals surface area contributed by atoms with E-state index in [-0.39, 0.29) is 11.8 Å². The van der Waals surface area contributed by atoms with Crippen LogP contribution in [-0.2, 0) is 9.84 Å². The number of halogens is 1. The van der Waals surface area contributed by atoms with Crippen molar-refractivity contribution in [2.45, 2.75) is 32.7 Å². The quantitative estimate of drug-likeness (QED) is 0.823. The van der Waals surface area contributed by atoms with Gasteiger partial charge in [0, 0.05) is 22.5 Å². The highest BCUT2D eigenvalue weighted by Gasteiger charge is 2.12. The molecule has 1 aromatic carbocycles. The Labute approximate surface area is 124 Å². The summed E-state index contributed by atoms with van der Waals surface area (Å²) in [5.41, 5.74) is 2.41. The molecule has 0 aromatic heterocycles.